The molecule has 0 bridgehead atoms. The van der Waals surface area contributed by atoms with Gasteiger partial charge in [0.1, 0.15) is 11.5 Å². The van der Waals surface area contributed by atoms with E-state index >= 15 is 0 Å². The third kappa shape index (κ3) is 6.20. The van der Waals surface area contributed by atoms with Crippen LogP contribution in [0.3, 0.4) is 0 Å². The normalized spacial score (nSPS) is 10.6. The third-order valence-corrected chi connectivity index (χ3v) is 4.96. The van der Waals surface area contributed by atoms with Gasteiger partial charge in [0.2, 0.25) is 5.88 Å². The largest absolute Gasteiger partial charge is 0.494 e. The lowest BCUT2D eigenvalue weighted by Gasteiger charge is -2.09. The Hall–Kier alpha value is -4.13. The van der Waals surface area contributed by atoms with Crippen LogP contribution in [0.2, 0.25) is 0 Å². The SMILES string of the molecule is CCCCCOc1ccc(C(=O)Nc2ccc(Oc3ccc(-n4cccc4)nn3)cc2)cc1. The van der Waals surface area contributed by atoms with E-state index in [0.717, 1.165) is 25.0 Å². The number of amides is 1. The summed E-state index contributed by atoms with van der Waals surface area (Å²) < 4.78 is 13.3. The summed E-state index contributed by atoms with van der Waals surface area (Å²) in [5, 5.41) is 11.1. The van der Waals surface area contributed by atoms with E-state index in [4.69, 9.17) is 9.47 Å². The molecule has 0 radical (unpaired) electrons. The quantitative estimate of drug-likeness (QED) is 0.310. The van der Waals surface area contributed by atoms with Crippen molar-refractivity contribution < 1.29 is 14.3 Å². The van der Waals surface area contributed by atoms with Crippen molar-refractivity contribution >= 4 is 11.6 Å². The van der Waals surface area contributed by atoms with E-state index < -0.39 is 0 Å². The first-order valence-electron chi connectivity index (χ1n) is 11.0. The predicted molar refractivity (Wildman–Crippen MR) is 127 cm³/mol. The Balaban J connectivity index is 1.29. The summed E-state index contributed by atoms with van der Waals surface area (Å²) >= 11 is 0. The van der Waals surface area contributed by atoms with Gasteiger partial charge in [-0.15, -0.1) is 10.2 Å². The lowest BCUT2D eigenvalue weighted by Crippen LogP contribution is -2.11. The number of anilines is 1. The molecule has 0 saturated carbocycles. The molecule has 2 heterocycles. The summed E-state index contributed by atoms with van der Waals surface area (Å²) in [5.41, 5.74) is 1.23. The minimum absolute atomic E-state index is 0.187. The van der Waals surface area contributed by atoms with E-state index in [1.165, 1.54) is 0 Å². The van der Waals surface area contributed by atoms with Gasteiger partial charge in [-0.25, -0.2) is 0 Å². The monoisotopic (exact) mass is 442 g/mol. The van der Waals surface area contributed by atoms with E-state index in [1.54, 1.807) is 42.5 Å². The number of unbranched alkanes of at least 4 members (excludes halogenated alkanes) is 2. The summed E-state index contributed by atoms with van der Waals surface area (Å²) in [6, 6.07) is 21.7. The lowest BCUT2D eigenvalue weighted by atomic mass is 10.2. The molecule has 1 amide bonds. The summed E-state index contributed by atoms with van der Waals surface area (Å²) in [5.74, 6) is 2.28. The highest BCUT2D eigenvalue weighted by atomic mass is 16.5. The molecule has 1 N–H and O–H groups in total. The zero-order chi connectivity index (χ0) is 22.9. The first kappa shape index (κ1) is 22.1. The maximum absolute atomic E-state index is 12.5. The van der Waals surface area contributed by atoms with Gasteiger partial charge in [0.05, 0.1) is 6.61 Å². The average molecular weight is 443 g/mol. The molecule has 0 spiro atoms. The number of carbonyl (C=O) groups excluding carboxylic acids is 1. The second-order valence-electron chi connectivity index (χ2n) is 7.48. The van der Waals surface area contributed by atoms with Gasteiger partial charge in [-0.1, -0.05) is 19.8 Å². The molecule has 4 rings (SSSR count). The molecule has 4 aromatic rings. The highest BCUT2D eigenvalue weighted by Crippen LogP contribution is 2.22. The Morgan fingerprint density at radius 1 is 0.879 bits per heavy atom. The summed E-state index contributed by atoms with van der Waals surface area (Å²) in [7, 11) is 0. The van der Waals surface area contributed by atoms with Crippen molar-refractivity contribution in [1.29, 1.82) is 0 Å². The smallest absolute Gasteiger partial charge is 0.255 e. The Morgan fingerprint density at radius 3 is 2.27 bits per heavy atom. The number of hydrogen-bond donors (Lipinski definition) is 1. The van der Waals surface area contributed by atoms with Crippen molar-refractivity contribution in [2.75, 3.05) is 11.9 Å². The number of aromatic nitrogens is 3. The van der Waals surface area contributed by atoms with Gasteiger partial charge in [0, 0.05) is 29.7 Å². The molecule has 0 saturated heterocycles. The summed E-state index contributed by atoms with van der Waals surface area (Å²) in [6.07, 6.45) is 7.14. The Bertz CT molecular complexity index is 1140. The van der Waals surface area contributed by atoms with Gasteiger partial charge in [-0.3, -0.25) is 4.79 Å². The van der Waals surface area contributed by atoms with Gasteiger partial charge < -0.3 is 19.4 Å². The molecule has 0 aliphatic carbocycles. The minimum Gasteiger partial charge on any atom is -0.494 e. The lowest BCUT2D eigenvalue weighted by molar-refractivity contribution is 0.102. The molecule has 0 fully saturated rings. The fourth-order valence-corrected chi connectivity index (χ4v) is 3.17. The molecule has 2 aromatic carbocycles. The Morgan fingerprint density at radius 2 is 1.61 bits per heavy atom. The van der Waals surface area contributed by atoms with Crippen LogP contribution >= 0.6 is 0 Å². The standard InChI is InChI=1S/C26H26N4O3/c1-2-3-6-19-32-22-11-7-20(8-12-22)26(31)27-21-9-13-23(14-10-21)33-25-16-15-24(28-29-25)30-17-4-5-18-30/h4-5,7-18H,2-3,6,19H2,1H3,(H,27,31). The first-order chi connectivity index (χ1) is 16.2. The average Bonchev–Trinajstić information content (AvgIpc) is 3.39. The second kappa shape index (κ2) is 10.9. The van der Waals surface area contributed by atoms with Crippen LogP contribution in [-0.4, -0.2) is 27.3 Å². The van der Waals surface area contributed by atoms with Crippen molar-refractivity contribution in [1.82, 2.24) is 14.8 Å². The summed E-state index contributed by atoms with van der Waals surface area (Å²) in [4.78, 5) is 12.5. The van der Waals surface area contributed by atoms with Crippen LogP contribution in [0.1, 0.15) is 36.5 Å². The molecule has 33 heavy (non-hydrogen) atoms. The first-order valence-corrected chi connectivity index (χ1v) is 11.0. The maximum Gasteiger partial charge on any atom is 0.255 e. The van der Waals surface area contributed by atoms with Crippen molar-refractivity contribution in [3.8, 4) is 23.2 Å². The fourth-order valence-electron chi connectivity index (χ4n) is 3.17. The number of ether oxygens (including phenoxy) is 2. The highest BCUT2D eigenvalue weighted by Gasteiger charge is 2.07. The van der Waals surface area contributed by atoms with Crippen LogP contribution in [0.4, 0.5) is 5.69 Å². The molecule has 7 heteroatoms. The van der Waals surface area contributed by atoms with E-state index in [0.29, 0.717) is 35.3 Å². The van der Waals surface area contributed by atoms with Crippen LogP contribution in [0.25, 0.3) is 5.82 Å². The van der Waals surface area contributed by atoms with Gasteiger partial charge >= 0.3 is 0 Å². The van der Waals surface area contributed by atoms with E-state index in [9.17, 15) is 4.79 Å². The van der Waals surface area contributed by atoms with Crippen molar-refractivity contribution in [2.45, 2.75) is 26.2 Å². The van der Waals surface area contributed by atoms with Crippen molar-refractivity contribution in [3.63, 3.8) is 0 Å². The summed E-state index contributed by atoms with van der Waals surface area (Å²) in [6.45, 7) is 2.85. The zero-order valence-electron chi connectivity index (χ0n) is 18.5. The number of nitrogens with one attached hydrogen (secondary N) is 1. The predicted octanol–water partition coefficient (Wildman–Crippen LogP) is 5.88. The number of rotatable bonds is 10. The Labute approximate surface area is 193 Å². The number of hydrogen-bond acceptors (Lipinski definition) is 5. The molecule has 0 aliphatic heterocycles. The van der Waals surface area contributed by atoms with Gasteiger partial charge in [-0.05, 0) is 73.2 Å². The Kier molecular flexibility index (Phi) is 7.33. The molecule has 168 valence electrons. The van der Waals surface area contributed by atoms with Gasteiger partial charge in [0.25, 0.3) is 5.91 Å². The van der Waals surface area contributed by atoms with Crippen molar-refractivity contribution in [3.05, 3.63) is 90.8 Å². The number of carbonyl (C=O) groups is 1. The van der Waals surface area contributed by atoms with Crippen LogP contribution in [-0.2, 0) is 0 Å². The number of benzene rings is 2. The van der Waals surface area contributed by atoms with Gasteiger partial charge in [0.15, 0.2) is 5.82 Å². The molecule has 0 atom stereocenters. The minimum atomic E-state index is -0.187. The molecular weight excluding hydrogens is 416 g/mol. The van der Waals surface area contributed by atoms with Crippen LogP contribution in [0.15, 0.2) is 85.2 Å². The van der Waals surface area contributed by atoms with Crippen LogP contribution in [0.5, 0.6) is 17.4 Å². The highest BCUT2D eigenvalue weighted by molar-refractivity contribution is 6.04. The third-order valence-electron chi connectivity index (χ3n) is 4.96. The molecular formula is C26H26N4O3. The molecule has 7 nitrogen and oxygen atoms in total. The molecule has 2 aromatic heterocycles. The van der Waals surface area contributed by atoms with Crippen LogP contribution < -0.4 is 14.8 Å². The van der Waals surface area contributed by atoms with Crippen LogP contribution in [0, 0.1) is 0 Å². The number of nitrogens with zero attached hydrogens (tertiary/aromatic N) is 3. The fraction of sp³-hybridized carbons (Fsp3) is 0.192. The van der Waals surface area contributed by atoms with E-state index in [-0.39, 0.29) is 5.91 Å². The topological polar surface area (TPSA) is 78.3 Å². The second-order valence-corrected chi connectivity index (χ2v) is 7.48. The van der Waals surface area contributed by atoms with Crippen molar-refractivity contribution in [2.24, 2.45) is 0 Å². The maximum atomic E-state index is 12.5. The molecule has 0 aliphatic rings. The van der Waals surface area contributed by atoms with E-state index in [1.807, 2.05) is 47.3 Å². The van der Waals surface area contributed by atoms with E-state index in [2.05, 4.69) is 22.4 Å². The molecule has 0 unspecified atom stereocenters. The zero-order valence-corrected chi connectivity index (χ0v) is 18.5. The van der Waals surface area contributed by atoms with Gasteiger partial charge in [-0.2, -0.15) is 0 Å².